The van der Waals surface area contributed by atoms with Gasteiger partial charge in [0.1, 0.15) is 5.52 Å². The first-order chi connectivity index (χ1) is 6.93. The van der Waals surface area contributed by atoms with E-state index in [1.54, 1.807) is 12.4 Å². The summed E-state index contributed by atoms with van der Waals surface area (Å²) in [6.45, 7) is 0. The predicted molar refractivity (Wildman–Crippen MR) is 55.7 cm³/mol. The molecular weight excluding hydrogens is 174 g/mol. The summed E-state index contributed by atoms with van der Waals surface area (Å²) in [6.07, 6.45) is 9.38. The maximum absolute atomic E-state index is 4.25. The van der Waals surface area contributed by atoms with E-state index in [0.29, 0.717) is 0 Å². The second-order valence-electron chi connectivity index (χ2n) is 3.59. The molecule has 1 aliphatic rings. The first kappa shape index (κ1) is 7.74. The molecule has 2 aromatic rings. The second-order valence-corrected chi connectivity index (χ2v) is 3.59. The summed E-state index contributed by atoms with van der Waals surface area (Å²) in [5.41, 5.74) is 4.43. The number of nitrogens with zero attached hydrogens (tertiary/aromatic N) is 2. The molecule has 0 aromatic carbocycles. The third-order valence-corrected chi connectivity index (χ3v) is 2.65. The molecule has 0 atom stereocenters. The van der Waals surface area contributed by atoms with E-state index in [9.17, 15) is 0 Å². The van der Waals surface area contributed by atoms with Gasteiger partial charge >= 0.3 is 0 Å². The molecule has 3 rings (SSSR count). The van der Waals surface area contributed by atoms with Crippen molar-refractivity contribution in [3.05, 3.63) is 30.2 Å². The maximum atomic E-state index is 4.25. The molecule has 14 heavy (non-hydrogen) atoms. The van der Waals surface area contributed by atoms with Crippen molar-refractivity contribution in [2.24, 2.45) is 0 Å². The van der Waals surface area contributed by atoms with E-state index >= 15 is 0 Å². The van der Waals surface area contributed by atoms with E-state index in [2.05, 4.69) is 27.1 Å². The topological polar surface area (TPSA) is 41.6 Å². The number of rotatable bonds is 1. The van der Waals surface area contributed by atoms with Crippen LogP contribution in [0.1, 0.15) is 25.0 Å². The lowest BCUT2D eigenvalue weighted by Gasteiger charge is -1.94. The van der Waals surface area contributed by atoms with Crippen LogP contribution in [0.5, 0.6) is 0 Å². The maximum Gasteiger partial charge on any atom is 0.156 e. The Labute approximate surface area is 81.9 Å². The van der Waals surface area contributed by atoms with E-state index < -0.39 is 0 Å². The summed E-state index contributed by atoms with van der Waals surface area (Å²) in [5.74, 6) is 0. The van der Waals surface area contributed by atoms with Crippen LogP contribution >= 0.6 is 0 Å². The molecule has 3 nitrogen and oxygen atoms in total. The minimum Gasteiger partial charge on any atom is -0.338 e. The lowest BCUT2D eigenvalue weighted by Crippen LogP contribution is -1.80. The molecule has 0 aliphatic heterocycles. The van der Waals surface area contributed by atoms with E-state index in [1.807, 2.05) is 0 Å². The van der Waals surface area contributed by atoms with Gasteiger partial charge in [0.05, 0.1) is 0 Å². The lowest BCUT2D eigenvalue weighted by atomic mass is 10.2. The highest BCUT2D eigenvalue weighted by molar-refractivity contribution is 5.78. The SMILES string of the molecule is C1=C(c2cc3nccnc3[nH]2)CCC1. The van der Waals surface area contributed by atoms with Gasteiger partial charge in [0, 0.05) is 18.1 Å². The van der Waals surface area contributed by atoms with Gasteiger partial charge in [-0.3, -0.25) is 4.98 Å². The molecule has 0 saturated carbocycles. The second kappa shape index (κ2) is 2.94. The Bertz CT molecular complexity index is 463. The van der Waals surface area contributed by atoms with Crippen molar-refractivity contribution in [2.75, 3.05) is 0 Å². The van der Waals surface area contributed by atoms with Crippen LogP contribution in [-0.4, -0.2) is 15.0 Å². The molecule has 0 fully saturated rings. The molecule has 0 radical (unpaired) electrons. The highest BCUT2D eigenvalue weighted by Gasteiger charge is 2.10. The van der Waals surface area contributed by atoms with Gasteiger partial charge in [-0.15, -0.1) is 0 Å². The summed E-state index contributed by atoms with van der Waals surface area (Å²) in [7, 11) is 0. The largest absolute Gasteiger partial charge is 0.338 e. The number of aromatic amines is 1. The van der Waals surface area contributed by atoms with Crippen molar-refractivity contribution < 1.29 is 0 Å². The fourth-order valence-corrected chi connectivity index (χ4v) is 1.94. The average molecular weight is 185 g/mol. The summed E-state index contributed by atoms with van der Waals surface area (Å²) in [4.78, 5) is 11.8. The number of hydrogen-bond donors (Lipinski definition) is 1. The van der Waals surface area contributed by atoms with Gasteiger partial charge in [-0.05, 0) is 30.9 Å². The lowest BCUT2D eigenvalue weighted by molar-refractivity contribution is 0.933. The van der Waals surface area contributed by atoms with Crippen LogP contribution in [0.3, 0.4) is 0 Å². The summed E-state index contributed by atoms with van der Waals surface area (Å²) < 4.78 is 0. The third kappa shape index (κ3) is 1.13. The van der Waals surface area contributed by atoms with E-state index in [4.69, 9.17) is 0 Å². The molecule has 2 heterocycles. The molecule has 0 unspecified atom stereocenters. The molecule has 3 heteroatoms. The van der Waals surface area contributed by atoms with Crippen LogP contribution in [0.2, 0.25) is 0 Å². The van der Waals surface area contributed by atoms with E-state index in [1.165, 1.54) is 30.5 Å². The number of allylic oxidation sites excluding steroid dienone is 2. The predicted octanol–water partition coefficient (Wildman–Crippen LogP) is 2.53. The Balaban J connectivity index is 2.14. The summed E-state index contributed by atoms with van der Waals surface area (Å²) >= 11 is 0. The van der Waals surface area contributed by atoms with E-state index in [0.717, 1.165) is 11.2 Å². The Morgan fingerprint density at radius 3 is 2.93 bits per heavy atom. The van der Waals surface area contributed by atoms with Gasteiger partial charge in [0.25, 0.3) is 0 Å². The van der Waals surface area contributed by atoms with Crippen LogP contribution in [0.15, 0.2) is 24.5 Å². The molecular formula is C11H11N3. The van der Waals surface area contributed by atoms with Gasteiger partial charge in [-0.1, -0.05) is 6.08 Å². The van der Waals surface area contributed by atoms with Crippen molar-refractivity contribution in [2.45, 2.75) is 19.3 Å². The number of hydrogen-bond acceptors (Lipinski definition) is 2. The van der Waals surface area contributed by atoms with E-state index in [-0.39, 0.29) is 0 Å². The summed E-state index contributed by atoms with van der Waals surface area (Å²) in [5, 5.41) is 0. The van der Waals surface area contributed by atoms with Gasteiger partial charge in [-0.2, -0.15) is 0 Å². The number of H-pyrrole nitrogens is 1. The Morgan fingerprint density at radius 2 is 2.14 bits per heavy atom. The molecule has 2 aromatic heterocycles. The normalized spacial score (nSPS) is 16.1. The molecule has 1 N–H and O–H groups in total. The number of nitrogens with one attached hydrogen (secondary N) is 1. The number of aromatic nitrogens is 3. The Morgan fingerprint density at radius 1 is 1.21 bits per heavy atom. The molecule has 0 bridgehead atoms. The van der Waals surface area contributed by atoms with Crippen molar-refractivity contribution in [3.8, 4) is 0 Å². The molecule has 0 spiro atoms. The smallest absolute Gasteiger partial charge is 0.156 e. The molecule has 70 valence electrons. The minimum absolute atomic E-state index is 0.885. The highest BCUT2D eigenvalue weighted by Crippen LogP contribution is 2.28. The fraction of sp³-hybridized carbons (Fsp3) is 0.273. The van der Waals surface area contributed by atoms with Crippen LogP contribution in [0.4, 0.5) is 0 Å². The Kier molecular flexibility index (Phi) is 1.63. The molecule has 0 saturated heterocycles. The fourth-order valence-electron chi connectivity index (χ4n) is 1.94. The first-order valence-corrected chi connectivity index (χ1v) is 4.92. The molecule has 0 amide bonds. The first-order valence-electron chi connectivity index (χ1n) is 4.92. The molecule has 1 aliphatic carbocycles. The van der Waals surface area contributed by atoms with Crippen LogP contribution < -0.4 is 0 Å². The van der Waals surface area contributed by atoms with Gasteiger partial charge in [0.15, 0.2) is 5.65 Å². The van der Waals surface area contributed by atoms with Crippen molar-refractivity contribution in [1.29, 1.82) is 0 Å². The zero-order valence-electron chi connectivity index (χ0n) is 7.83. The average Bonchev–Trinajstić information content (AvgIpc) is 2.86. The zero-order chi connectivity index (χ0) is 9.38. The van der Waals surface area contributed by atoms with Crippen LogP contribution in [-0.2, 0) is 0 Å². The Hall–Kier alpha value is -1.64. The standard InChI is InChI=1S/C11H11N3/c1-2-4-8(3-1)9-7-10-11(14-9)13-6-5-12-10/h3,5-7H,1-2,4H2,(H,13,14). The monoisotopic (exact) mass is 185 g/mol. The van der Waals surface area contributed by atoms with Crippen molar-refractivity contribution in [1.82, 2.24) is 15.0 Å². The zero-order valence-corrected chi connectivity index (χ0v) is 7.83. The highest BCUT2D eigenvalue weighted by atomic mass is 14.9. The summed E-state index contributed by atoms with van der Waals surface area (Å²) in [6, 6.07) is 2.08. The van der Waals surface area contributed by atoms with Crippen molar-refractivity contribution >= 4 is 16.7 Å². The van der Waals surface area contributed by atoms with Crippen LogP contribution in [0.25, 0.3) is 16.7 Å². The quantitative estimate of drug-likeness (QED) is 0.741. The van der Waals surface area contributed by atoms with Crippen molar-refractivity contribution in [3.63, 3.8) is 0 Å². The number of fused-ring (bicyclic) bond motifs is 1. The van der Waals surface area contributed by atoms with Gasteiger partial charge < -0.3 is 4.98 Å². The van der Waals surface area contributed by atoms with Gasteiger partial charge in [-0.25, -0.2) is 4.98 Å². The minimum atomic E-state index is 0.885. The van der Waals surface area contributed by atoms with Crippen LogP contribution in [0, 0.1) is 0 Å². The third-order valence-electron chi connectivity index (χ3n) is 2.65. The van der Waals surface area contributed by atoms with Gasteiger partial charge in [0.2, 0.25) is 0 Å².